The van der Waals surface area contributed by atoms with Crippen LogP contribution in [0.4, 0.5) is 0 Å². The third-order valence-electron chi connectivity index (χ3n) is 5.72. The molecule has 0 unspecified atom stereocenters. The first-order chi connectivity index (χ1) is 14.1. The predicted octanol–water partition coefficient (Wildman–Crippen LogP) is 2.78. The van der Waals surface area contributed by atoms with Gasteiger partial charge in [-0.05, 0) is 32.6 Å². The highest BCUT2D eigenvalue weighted by Gasteiger charge is 2.17. The first kappa shape index (κ1) is 26.6. The number of nitrogens with zero attached hydrogens (tertiary/aromatic N) is 6. The number of guanidine groups is 1. The normalized spacial score (nSPS) is 14.9. The number of aromatic nitrogens is 3. The summed E-state index contributed by atoms with van der Waals surface area (Å²) in [5, 5.41) is 11.6. The van der Waals surface area contributed by atoms with E-state index in [0.29, 0.717) is 12.5 Å². The molecule has 1 aromatic rings. The lowest BCUT2D eigenvalue weighted by molar-refractivity contribution is -0.131. The number of halogens is 1. The number of likely N-dealkylation sites (N-methyl/N-ethyl adjacent to an activating group) is 2. The van der Waals surface area contributed by atoms with Crippen LogP contribution in [0.3, 0.4) is 0 Å². The van der Waals surface area contributed by atoms with Gasteiger partial charge in [-0.3, -0.25) is 9.79 Å². The number of rotatable bonds is 10. The van der Waals surface area contributed by atoms with Crippen LogP contribution >= 0.6 is 24.0 Å². The lowest BCUT2D eigenvalue weighted by Gasteiger charge is -2.27. The Hall–Kier alpha value is -1.39. The van der Waals surface area contributed by atoms with Crippen LogP contribution in [0.2, 0.25) is 0 Å². The zero-order valence-corrected chi connectivity index (χ0v) is 21.5. The van der Waals surface area contributed by atoms with Crippen LogP contribution in [0.15, 0.2) is 11.3 Å². The largest absolute Gasteiger partial charge is 0.354 e. The third kappa shape index (κ3) is 8.39. The van der Waals surface area contributed by atoms with Crippen LogP contribution in [0.1, 0.15) is 58.7 Å². The molecule has 1 amide bonds. The molecule has 0 saturated heterocycles. The lowest BCUT2D eigenvalue weighted by atomic mass is 9.89. The highest BCUT2D eigenvalue weighted by atomic mass is 127. The van der Waals surface area contributed by atoms with Crippen LogP contribution in [0.25, 0.3) is 0 Å². The van der Waals surface area contributed by atoms with E-state index in [-0.39, 0.29) is 29.9 Å². The van der Waals surface area contributed by atoms with Crippen LogP contribution < -0.4 is 5.32 Å². The second-order valence-corrected chi connectivity index (χ2v) is 7.81. The molecule has 8 nitrogen and oxygen atoms in total. The summed E-state index contributed by atoms with van der Waals surface area (Å²) in [4.78, 5) is 21.3. The third-order valence-corrected chi connectivity index (χ3v) is 5.72. The van der Waals surface area contributed by atoms with Crippen LogP contribution in [-0.2, 0) is 17.8 Å². The van der Waals surface area contributed by atoms with Crippen LogP contribution in [0.5, 0.6) is 0 Å². The molecular formula is C21H40IN7O. The predicted molar refractivity (Wildman–Crippen MR) is 132 cm³/mol. The molecule has 0 aliphatic heterocycles. The van der Waals surface area contributed by atoms with Crippen molar-refractivity contribution in [1.82, 2.24) is 29.9 Å². The summed E-state index contributed by atoms with van der Waals surface area (Å²) in [5.41, 5.74) is 0. The van der Waals surface area contributed by atoms with Gasteiger partial charge in [0.25, 0.3) is 0 Å². The Labute approximate surface area is 198 Å². The molecule has 1 N–H and O–H groups in total. The molecule has 1 fully saturated rings. The van der Waals surface area contributed by atoms with Crippen molar-refractivity contribution in [2.75, 3.05) is 39.8 Å². The fourth-order valence-corrected chi connectivity index (χ4v) is 3.88. The van der Waals surface area contributed by atoms with Crippen molar-refractivity contribution in [3.8, 4) is 0 Å². The summed E-state index contributed by atoms with van der Waals surface area (Å²) < 4.78 is 2.06. The quantitative estimate of drug-likeness (QED) is 0.284. The number of carbonyl (C=O) groups is 1. The Morgan fingerprint density at radius 1 is 1.23 bits per heavy atom. The number of aliphatic imine (C=N–C) groups is 1. The van der Waals surface area contributed by atoms with Crippen molar-refractivity contribution in [3.63, 3.8) is 0 Å². The molecular weight excluding hydrogens is 493 g/mol. The Bertz CT molecular complexity index is 639. The van der Waals surface area contributed by atoms with Gasteiger partial charge in [0.05, 0.1) is 6.54 Å². The molecule has 172 valence electrons. The van der Waals surface area contributed by atoms with Crippen molar-refractivity contribution < 1.29 is 4.79 Å². The molecule has 0 radical (unpaired) electrons. The second-order valence-electron chi connectivity index (χ2n) is 7.81. The average Bonchev–Trinajstić information content (AvgIpc) is 3.19. The molecule has 1 saturated carbocycles. The average molecular weight is 534 g/mol. The fourth-order valence-electron chi connectivity index (χ4n) is 3.88. The maximum atomic E-state index is 12.6. The van der Waals surface area contributed by atoms with Gasteiger partial charge in [-0.2, -0.15) is 0 Å². The van der Waals surface area contributed by atoms with E-state index in [4.69, 9.17) is 4.99 Å². The maximum Gasteiger partial charge on any atom is 0.242 e. The van der Waals surface area contributed by atoms with Crippen molar-refractivity contribution in [3.05, 3.63) is 12.2 Å². The van der Waals surface area contributed by atoms with Crippen molar-refractivity contribution >= 4 is 35.8 Å². The molecule has 0 bridgehead atoms. The first-order valence-electron chi connectivity index (χ1n) is 11.2. The number of aryl methyl sites for hydroxylation is 1. The van der Waals surface area contributed by atoms with Crippen LogP contribution in [-0.4, -0.2) is 76.2 Å². The Morgan fingerprint density at radius 3 is 2.57 bits per heavy atom. The van der Waals surface area contributed by atoms with E-state index in [2.05, 4.69) is 27.0 Å². The summed E-state index contributed by atoms with van der Waals surface area (Å²) in [5.74, 6) is 2.59. The number of nitrogens with one attached hydrogen (secondary N) is 1. The standard InChI is InChI=1S/C21H39N7O.HI/c1-5-19-25-24-17-28(19)14-13-22-21(23-15-18-11-9-8-10-12-18)26(4)16-20(29)27(6-2)7-3;/h17-18H,5-16H2,1-4H3,(H,22,23);1H. The minimum atomic E-state index is 0. The van der Waals surface area contributed by atoms with E-state index in [1.807, 2.05) is 30.7 Å². The topological polar surface area (TPSA) is 78.6 Å². The Kier molecular flexibility index (Phi) is 13.0. The van der Waals surface area contributed by atoms with Crippen molar-refractivity contribution in [1.29, 1.82) is 0 Å². The summed E-state index contributed by atoms with van der Waals surface area (Å²) >= 11 is 0. The summed E-state index contributed by atoms with van der Waals surface area (Å²) in [6, 6.07) is 0. The lowest BCUT2D eigenvalue weighted by Crippen LogP contribution is -2.46. The molecule has 2 rings (SSSR count). The van der Waals surface area contributed by atoms with Crippen LogP contribution in [0, 0.1) is 5.92 Å². The number of hydrogen-bond donors (Lipinski definition) is 1. The minimum absolute atomic E-state index is 0. The summed E-state index contributed by atoms with van der Waals surface area (Å²) in [6.45, 7) is 10.2. The first-order valence-corrected chi connectivity index (χ1v) is 11.2. The zero-order chi connectivity index (χ0) is 21.1. The Morgan fingerprint density at radius 2 is 1.93 bits per heavy atom. The van der Waals surface area contributed by atoms with E-state index in [1.54, 1.807) is 6.33 Å². The summed E-state index contributed by atoms with van der Waals surface area (Å²) in [6.07, 6.45) is 9.13. The van der Waals surface area contributed by atoms with Gasteiger partial charge in [0.1, 0.15) is 12.2 Å². The molecule has 1 aliphatic carbocycles. The molecule has 1 aliphatic rings. The van der Waals surface area contributed by atoms with Gasteiger partial charge >= 0.3 is 0 Å². The van der Waals surface area contributed by atoms with E-state index in [1.165, 1.54) is 32.1 Å². The monoisotopic (exact) mass is 533 g/mol. The summed E-state index contributed by atoms with van der Waals surface area (Å²) in [7, 11) is 1.95. The SMILES string of the molecule is CCc1nncn1CCNC(=NCC1CCCCC1)N(C)CC(=O)N(CC)CC.I. The second kappa shape index (κ2) is 14.6. The smallest absolute Gasteiger partial charge is 0.242 e. The minimum Gasteiger partial charge on any atom is -0.354 e. The molecule has 9 heteroatoms. The van der Waals surface area contributed by atoms with Gasteiger partial charge in [0.2, 0.25) is 5.91 Å². The molecule has 0 atom stereocenters. The Balaban J connectivity index is 0.00000450. The number of carbonyl (C=O) groups excluding carboxylic acids is 1. The van der Waals surface area contributed by atoms with E-state index in [9.17, 15) is 4.79 Å². The van der Waals surface area contributed by atoms with E-state index in [0.717, 1.165) is 50.9 Å². The molecule has 0 aromatic carbocycles. The van der Waals surface area contributed by atoms with E-state index < -0.39 is 0 Å². The van der Waals surface area contributed by atoms with Gasteiger partial charge in [-0.15, -0.1) is 34.2 Å². The number of hydrogen-bond acceptors (Lipinski definition) is 4. The van der Waals surface area contributed by atoms with Gasteiger partial charge < -0.3 is 19.7 Å². The zero-order valence-electron chi connectivity index (χ0n) is 19.1. The number of amides is 1. The highest BCUT2D eigenvalue weighted by molar-refractivity contribution is 14.0. The fraction of sp³-hybridized carbons (Fsp3) is 0.810. The molecule has 1 heterocycles. The van der Waals surface area contributed by atoms with Gasteiger partial charge in [-0.25, -0.2) is 0 Å². The molecule has 0 spiro atoms. The van der Waals surface area contributed by atoms with Gasteiger partial charge in [-0.1, -0.05) is 26.2 Å². The maximum absolute atomic E-state index is 12.6. The van der Waals surface area contributed by atoms with Crippen molar-refractivity contribution in [2.45, 2.75) is 65.8 Å². The van der Waals surface area contributed by atoms with Crippen molar-refractivity contribution in [2.24, 2.45) is 10.9 Å². The molecule has 1 aromatic heterocycles. The molecule has 30 heavy (non-hydrogen) atoms. The highest BCUT2D eigenvalue weighted by Crippen LogP contribution is 2.23. The van der Waals surface area contributed by atoms with E-state index >= 15 is 0 Å². The van der Waals surface area contributed by atoms with Gasteiger partial charge in [0, 0.05) is 46.2 Å². The van der Waals surface area contributed by atoms with Gasteiger partial charge in [0.15, 0.2) is 5.96 Å².